The number of halogens is 1. The topological polar surface area (TPSA) is 139 Å². The molecule has 0 saturated heterocycles. The van der Waals surface area contributed by atoms with Crippen molar-refractivity contribution in [3.05, 3.63) is 62.6 Å². The lowest BCUT2D eigenvalue weighted by Gasteiger charge is -2.31. The first-order chi connectivity index (χ1) is 17.4. The Labute approximate surface area is 225 Å². The van der Waals surface area contributed by atoms with Crippen LogP contribution >= 0.6 is 15.9 Å². The highest BCUT2D eigenvalue weighted by atomic mass is 79.9. The molecule has 0 aliphatic carbocycles. The average molecular weight is 600 g/mol. The molecule has 2 aromatic carbocycles. The molecule has 2 aromatic rings. The fourth-order valence-corrected chi connectivity index (χ4v) is 4.82. The number of carbonyl (C=O) groups excluding carboxylic acids is 2. The Bertz CT molecular complexity index is 1240. The van der Waals surface area contributed by atoms with E-state index < -0.39 is 33.4 Å². The number of benzene rings is 2. The molecule has 13 heteroatoms. The van der Waals surface area contributed by atoms with Crippen LogP contribution in [0.15, 0.2) is 46.9 Å². The summed E-state index contributed by atoms with van der Waals surface area (Å²) in [7, 11) is -2.80. The first-order valence-corrected chi connectivity index (χ1v) is 14.1. The van der Waals surface area contributed by atoms with Crippen molar-refractivity contribution >= 4 is 49.1 Å². The molecule has 0 aliphatic rings. The number of amides is 2. The van der Waals surface area contributed by atoms with Crippen LogP contribution in [0.5, 0.6) is 5.75 Å². The minimum Gasteiger partial charge on any atom is -0.495 e. The van der Waals surface area contributed by atoms with Crippen molar-refractivity contribution in [1.29, 1.82) is 0 Å². The Hall–Kier alpha value is -3.19. The molecule has 0 bridgehead atoms. The molecule has 0 saturated carbocycles. The summed E-state index contributed by atoms with van der Waals surface area (Å²) in [6.07, 6.45) is 2.54. The number of carbonyl (C=O) groups is 2. The fraction of sp³-hybridized carbons (Fsp3) is 0.417. The molecule has 0 aromatic heterocycles. The van der Waals surface area contributed by atoms with Gasteiger partial charge in [-0.2, -0.15) is 0 Å². The summed E-state index contributed by atoms with van der Waals surface area (Å²) in [6, 6.07) is 9.72. The summed E-state index contributed by atoms with van der Waals surface area (Å²) in [5.41, 5.74) is 0.191. The fourth-order valence-electron chi connectivity index (χ4n) is 3.53. The zero-order valence-corrected chi connectivity index (χ0v) is 23.5. The van der Waals surface area contributed by atoms with E-state index >= 15 is 0 Å². The van der Waals surface area contributed by atoms with E-state index in [1.807, 2.05) is 13.0 Å². The third-order valence-corrected chi connectivity index (χ3v) is 7.18. The Balaban J connectivity index is 2.48. The van der Waals surface area contributed by atoms with E-state index in [1.165, 1.54) is 24.1 Å². The summed E-state index contributed by atoms with van der Waals surface area (Å²) >= 11 is 3.39. The smallest absolute Gasteiger partial charge is 0.271 e. The highest BCUT2D eigenvalue weighted by Crippen LogP contribution is 2.34. The second-order valence-electron chi connectivity index (χ2n) is 8.36. The van der Waals surface area contributed by atoms with E-state index in [1.54, 1.807) is 25.1 Å². The number of nitro groups is 1. The van der Waals surface area contributed by atoms with Crippen molar-refractivity contribution in [3.8, 4) is 5.75 Å². The van der Waals surface area contributed by atoms with Gasteiger partial charge in [0.25, 0.3) is 5.69 Å². The number of nitrogens with one attached hydrogen (secondary N) is 1. The molecule has 202 valence electrons. The van der Waals surface area contributed by atoms with Gasteiger partial charge < -0.3 is 15.0 Å². The number of hydrogen-bond donors (Lipinski definition) is 1. The molecule has 37 heavy (non-hydrogen) atoms. The number of unbranched alkanes of at least 4 members (excludes halogenated alkanes) is 1. The first kappa shape index (κ1) is 30.0. The van der Waals surface area contributed by atoms with Crippen LogP contribution < -0.4 is 14.4 Å². The number of nitrogens with zero attached hydrogens (tertiary/aromatic N) is 3. The first-order valence-electron chi connectivity index (χ1n) is 11.5. The minimum atomic E-state index is -4.09. The Kier molecular flexibility index (Phi) is 10.9. The predicted octanol–water partition coefficient (Wildman–Crippen LogP) is 3.47. The standard InChI is InChI=1S/C24H31BrN4O7S/c1-5-6-12-26-24(31)17(2)27(15-18-8-7-9-19(25)13-18)23(30)16-28(37(4,34)35)21-14-20(29(32)33)10-11-22(21)36-3/h7-11,13-14,17H,5-6,12,15-16H2,1-4H3,(H,26,31). The van der Waals surface area contributed by atoms with Crippen LogP contribution in [-0.2, 0) is 26.2 Å². The molecule has 1 unspecified atom stereocenters. The molecule has 0 heterocycles. The van der Waals surface area contributed by atoms with Crippen molar-refractivity contribution in [3.63, 3.8) is 0 Å². The van der Waals surface area contributed by atoms with E-state index in [9.17, 15) is 28.1 Å². The van der Waals surface area contributed by atoms with Gasteiger partial charge in [0, 0.05) is 29.7 Å². The normalized spacial score (nSPS) is 11.9. The number of hydrogen-bond acceptors (Lipinski definition) is 7. The van der Waals surface area contributed by atoms with E-state index in [-0.39, 0.29) is 29.6 Å². The van der Waals surface area contributed by atoms with Gasteiger partial charge in [-0.15, -0.1) is 0 Å². The Morgan fingerprint density at radius 2 is 1.92 bits per heavy atom. The third-order valence-electron chi connectivity index (χ3n) is 5.56. The second-order valence-corrected chi connectivity index (χ2v) is 11.2. The molecule has 0 aliphatic heterocycles. The van der Waals surface area contributed by atoms with Crippen LogP contribution in [0.1, 0.15) is 32.3 Å². The molecule has 1 atom stereocenters. The van der Waals surface area contributed by atoms with Gasteiger partial charge >= 0.3 is 0 Å². The molecule has 2 amide bonds. The maximum absolute atomic E-state index is 13.6. The largest absolute Gasteiger partial charge is 0.495 e. The van der Waals surface area contributed by atoms with Gasteiger partial charge in [0.15, 0.2) is 0 Å². The zero-order valence-electron chi connectivity index (χ0n) is 21.1. The Morgan fingerprint density at radius 1 is 1.22 bits per heavy atom. The van der Waals surface area contributed by atoms with Crippen LogP contribution in [0.2, 0.25) is 0 Å². The van der Waals surface area contributed by atoms with Gasteiger partial charge in [-0.05, 0) is 37.1 Å². The van der Waals surface area contributed by atoms with Gasteiger partial charge in [0.2, 0.25) is 21.8 Å². The molecule has 11 nitrogen and oxygen atoms in total. The lowest BCUT2D eigenvalue weighted by Crippen LogP contribution is -2.51. The highest BCUT2D eigenvalue weighted by Gasteiger charge is 2.32. The molecule has 1 N–H and O–H groups in total. The lowest BCUT2D eigenvalue weighted by atomic mass is 10.1. The molecule has 0 fully saturated rings. The van der Waals surface area contributed by atoms with Crippen molar-refractivity contribution in [2.24, 2.45) is 0 Å². The number of ether oxygens (including phenoxy) is 1. The van der Waals surface area contributed by atoms with Crippen molar-refractivity contribution < 1.29 is 27.7 Å². The van der Waals surface area contributed by atoms with E-state index in [2.05, 4.69) is 21.2 Å². The number of non-ortho nitro benzene ring substituents is 1. The highest BCUT2D eigenvalue weighted by molar-refractivity contribution is 9.10. The monoisotopic (exact) mass is 598 g/mol. The van der Waals surface area contributed by atoms with Crippen LogP contribution in [0.4, 0.5) is 11.4 Å². The number of sulfonamides is 1. The SMILES string of the molecule is CCCCNC(=O)C(C)N(Cc1cccc(Br)c1)C(=O)CN(c1cc([N+](=O)[O-])ccc1OC)S(C)(=O)=O. The van der Waals surface area contributed by atoms with Gasteiger partial charge in [0.1, 0.15) is 24.0 Å². The average Bonchev–Trinajstić information content (AvgIpc) is 2.84. The van der Waals surface area contributed by atoms with Crippen LogP contribution in [-0.4, -0.2) is 62.6 Å². The summed E-state index contributed by atoms with van der Waals surface area (Å²) in [4.78, 5) is 38.4. The molecule has 0 radical (unpaired) electrons. The number of nitro benzene ring substituents is 1. The van der Waals surface area contributed by atoms with Gasteiger partial charge in [-0.1, -0.05) is 41.4 Å². The zero-order chi connectivity index (χ0) is 27.8. The van der Waals surface area contributed by atoms with Gasteiger partial charge in [-0.3, -0.25) is 24.0 Å². The van der Waals surface area contributed by atoms with Crippen LogP contribution in [0.3, 0.4) is 0 Å². The van der Waals surface area contributed by atoms with E-state index in [4.69, 9.17) is 4.74 Å². The predicted molar refractivity (Wildman–Crippen MR) is 144 cm³/mol. The molecular weight excluding hydrogens is 568 g/mol. The Morgan fingerprint density at radius 3 is 2.49 bits per heavy atom. The maximum Gasteiger partial charge on any atom is 0.271 e. The summed E-state index contributed by atoms with van der Waals surface area (Å²) in [5.74, 6) is -1.01. The molecule has 0 spiro atoms. The number of rotatable bonds is 13. The van der Waals surface area contributed by atoms with E-state index in [0.717, 1.165) is 39.5 Å². The summed E-state index contributed by atoms with van der Waals surface area (Å²) < 4.78 is 32.3. The van der Waals surface area contributed by atoms with Crippen LogP contribution in [0.25, 0.3) is 0 Å². The summed E-state index contributed by atoms with van der Waals surface area (Å²) in [6.45, 7) is 3.33. The van der Waals surface area contributed by atoms with Crippen molar-refractivity contribution in [2.75, 3.05) is 30.8 Å². The molecule has 2 rings (SSSR count). The number of anilines is 1. The van der Waals surface area contributed by atoms with Crippen molar-refractivity contribution in [2.45, 2.75) is 39.3 Å². The lowest BCUT2D eigenvalue weighted by molar-refractivity contribution is -0.384. The van der Waals surface area contributed by atoms with Gasteiger partial charge in [0.05, 0.1) is 18.3 Å². The van der Waals surface area contributed by atoms with Crippen molar-refractivity contribution in [1.82, 2.24) is 10.2 Å². The molecular formula is C24H31BrN4O7S. The van der Waals surface area contributed by atoms with E-state index in [0.29, 0.717) is 6.54 Å². The minimum absolute atomic E-state index is 0.0321. The third kappa shape index (κ3) is 8.42. The van der Waals surface area contributed by atoms with Crippen LogP contribution in [0, 0.1) is 10.1 Å². The quantitative estimate of drug-likeness (QED) is 0.211. The summed E-state index contributed by atoms with van der Waals surface area (Å²) in [5, 5.41) is 14.1. The second kappa shape index (κ2) is 13.4. The number of methoxy groups -OCH3 is 1. The van der Waals surface area contributed by atoms with Gasteiger partial charge in [-0.25, -0.2) is 8.42 Å². The maximum atomic E-state index is 13.6.